The molecular formula is C14H18FeO2. The van der Waals surface area contributed by atoms with Gasteiger partial charge in [-0.2, -0.15) is 30.3 Å². The van der Waals surface area contributed by atoms with E-state index in [0.717, 1.165) is 5.56 Å². The Labute approximate surface area is 113 Å². The maximum atomic E-state index is 9.42. The van der Waals surface area contributed by atoms with Gasteiger partial charge in [0.25, 0.3) is 0 Å². The molecule has 2 unspecified atom stereocenters. The van der Waals surface area contributed by atoms with Crippen LogP contribution in [0.15, 0.2) is 54.6 Å². The van der Waals surface area contributed by atoms with Crippen LogP contribution in [0.25, 0.3) is 0 Å². The molecule has 17 heavy (non-hydrogen) atoms. The quantitative estimate of drug-likeness (QED) is 0.667. The molecule has 2 aromatic carbocycles. The van der Waals surface area contributed by atoms with Gasteiger partial charge in [-0.3, -0.25) is 0 Å². The summed E-state index contributed by atoms with van der Waals surface area (Å²) >= 11 is 0. The Balaban J connectivity index is 0.000000360. The number of hydrogen-bond acceptors (Lipinski definition) is 2. The Bertz CT molecular complexity index is 321. The second-order valence-corrected chi connectivity index (χ2v) is 3.78. The summed E-state index contributed by atoms with van der Waals surface area (Å²) in [5.74, 6) is 0. The Morgan fingerprint density at radius 3 is 1.94 bits per heavy atom. The predicted octanol–water partition coefficient (Wildman–Crippen LogP) is 2.61. The first-order chi connectivity index (χ1) is 7.70. The van der Waals surface area contributed by atoms with Crippen LogP contribution in [0.3, 0.4) is 0 Å². The zero-order chi connectivity index (χ0) is 11.8. The summed E-state index contributed by atoms with van der Waals surface area (Å²) in [4.78, 5) is 0. The Hall–Kier alpha value is -0.861. The van der Waals surface area contributed by atoms with Crippen molar-refractivity contribution in [3.8, 4) is 0 Å². The number of aliphatic hydroxyl groups excluding tert-OH is 2. The molecule has 2 rings (SSSR count). The topological polar surface area (TPSA) is 40.5 Å². The van der Waals surface area contributed by atoms with Gasteiger partial charge in [-0.15, -0.1) is 5.56 Å². The molecule has 0 spiro atoms. The van der Waals surface area contributed by atoms with E-state index in [1.165, 1.54) is 0 Å². The molecule has 0 aliphatic rings. The average molecular weight is 274 g/mol. The van der Waals surface area contributed by atoms with Crippen molar-refractivity contribution in [3.63, 3.8) is 0 Å². The normalized spacial score (nSPS) is 12.9. The summed E-state index contributed by atoms with van der Waals surface area (Å²) in [6.45, 7) is 1.67. The fourth-order valence-electron chi connectivity index (χ4n) is 1.39. The molecule has 94 valence electrons. The molecule has 0 fully saturated rings. The summed E-state index contributed by atoms with van der Waals surface area (Å²) in [5.41, 5.74) is 0.880. The second kappa shape index (κ2) is 9.20. The van der Waals surface area contributed by atoms with Crippen LogP contribution >= 0.6 is 0 Å². The molecule has 2 nitrogen and oxygen atoms in total. The Morgan fingerprint density at radius 1 is 1.06 bits per heavy atom. The molecule has 0 bridgehead atoms. The number of rotatable bonds is 3. The van der Waals surface area contributed by atoms with Crippen molar-refractivity contribution in [2.75, 3.05) is 0 Å². The monoisotopic (exact) mass is 274 g/mol. The summed E-state index contributed by atoms with van der Waals surface area (Å²) in [5, 5.41) is 18.4. The van der Waals surface area contributed by atoms with Crippen LogP contribution < -0.4 is 0 Å². The van der Waals surface area contributed by atoms with Crippen molar-refractivity contribution >= 4 is 0 Å². The van der Waals surface area contributed by atoms with Crippen LogP contribution in [0.1, 0.15) is 25.0 Å². The zero-order valence-corrected chi connectivity index (χ0v) is 10.9. The first kappa shape index (κ1) is 16.1. The molecule has 2 atom stereocenters. The van der Waals surface area contributed by atoms with Crippen LogP contribution in [-0.4, -0.2) is 16.3 Å². The second-order valence-electron chi connectivity index (χ2n) is 3.78. The van der Waals surface area contributed by atoms with Gasteiger partial charge in [0.1, 0.15) is 0 Å². The van der Waals surface area contributed by atoms with E-state index in [1.807, 2.05) is 54.6 Å². The standard InChI is InChI=1S/C9H13O2.C5H5.Fe/c1-7(10)6-9(11)8-4-2-3-5-8;1-2-4-5-3-1;/h2-5,7,9-11H,6H2,1H3;1-5H;/q2*-1;+2. The average Bonchev–Trinajstić information content (AvgIpc) is 2.94. The van der Waals surface area contributed by atoms with Gasteiger partial charge in [-0.1, -0.05) is 0 Å². The minimum absolute atomic E-state index is 0. The van der Waals surface area contributed by atoms with Crippen molar-refractivity contribution in [3.05, 3.63) is 60.2 Å². The van der Waals surface area contributed by atoms with Crippen LogP contribution in [0.4, 0.5) is 0 Å². The van der Waals surface area contributed by atoms with Crippen molar-refractivity contribution in [2.24, 2.45) is 0 Å². The summed E-state index contributed by atoms with van der Waals surface area (Å²) in [6.07, 6.45) is -0.561. The van der Waals surface area contributed by atoms with E-state index < -0.39 is 12.2 Å². The third kappa shape index (κ3) is 7.14. The number of aliphatic hydroxyl groups is 2. The predicted molar refractivity (Wildman–Crippen MR) is 65.3 cm³/mol. The van der Waals surface area contributed by atoms with Gasteiger partial charge in [0.15, 0.2) is 0 Å². The minimum Gasteiger partial charge on any atom is -0.401 e. The molecule has 3 heteroatoms. The first-order valence-electron chi connectivity index (χ1n) is 5.44. The van der Waals surface area contributed by atoms with Crippen LogP contribution in [0.5, 0.6) is 0 Å². The largest absolute Gasteiger partial charge is 2.00 e. The minimum atomic E-state index is -0.523. The van der Waals surface area contributed by atoms with Gasteiger partial charge in [-0.25, -0.2) is 24.3 Å². The van der Waals surface area contributed by atoms with E-state index >= 15 is 0 Å². The smallest absolute Gasteiger partial charge is 0.401 e. The van der Waals surface area contributed by atoms with Crippen LogP contribution in [0.2, 0.25) is 0 Å². The van der Waals surface area contributed by atoms with Crippen molar-refractivity contribution < 1.29 is 27.3 Å². The molecule has 0 heterocycles. The fourth-order valence-corrected chi connectivity index (χ4v) is 1.39. The molecule has 0 saturated heterocycles. The van der Waals surface area contributed by atoms with Gasteiger partial charge in [0, 0.05) is 6.10 Å². The van der Waals surface area contributed by atoms with Gasteiger partial charge >= 0.3 is 17.1 Å². The molecule has 0 radical (unpaired) electrons. The first-order valence-corrected chi connectivity index (χ1v) is 5.44. The molecule has 0 aliphatic carbocycles. The SMILES string of the molecule is CC(O)CC(O)[c-]1cccc1.[Fe+2].c1cc[cH-]c1. The maximum Gasteiger partial charge on any atom is 2.00 e. The third-order valence-electron chi connectivity index (χ3n) is 2.19. The maximum absolute atomic E-state index is 9.42. The van der Waals surface area contributed by atoms with Crippen molar-refractivity contribution in [1.82, 2.24) is 0 Å². The molecule has 0 saturated carbocycles. The zero-order valence-electron chi connectivity index (χ0n) is 9.81. The van der Waals surface area contributed by atoms with Gasteiger partial charge in [-0.05, 0) is 13.3 Å². The van der Waals surface area contributed by atoms with E-state index in [1.54, 1.807) is 6.92 Å². The molecule has 0 aliphatic heterocycles. The van der Waals surface area contributed by atoms with Gasteiger partial charge in [0.2, 0.25) is 0 Å². The van der Waals surface area contributed by atoms with Crippen molar-refractivity contribution in [2.45, 2.75) is 25.6 Å². The molecule has 0 aromatic heterocycles. The third-order valence-corrected chi connectivity index (χ3v) is 2.19. The molecule has 2 aromatic rings. The van der Waals surface area contributed by atoms with Crippen LogP contribution in [-0.2, 0) is 17.1 Å². The summed E-state index contributed by atoms with van der Waals surface area (Å²) in [6, 6.07) is 17.5. The van der Waals surface area contributed by atoms with E-state index in [-0.39, 0.29) is 17.1 Å². The molecule has 0 amide bonds. The summed E-state index contributed by atoms with van der Waals surface area (Å²) < 4.78 is 0. The van der Waals surface area contributed by atoms with Gasteiger partial charge in [0.05, 0.1) is 6.10 Å². The molecular weight excluding hydrogens is 256 g/mol. The summed E-state index contributed by atoms with van der Waals surface area (Å²) in [7, 11) is 0. The molecule has 2 N–H and O–H groups in total. The van der Waals surface area contributed by atoms with E-state index in [2.05, 4.69) is 0 Å². The van der Waals surface area contributed by atoms with Crippen molar-refractivity contribution in [1.29, 1.82) is 0 Å². The van der Waals surface area contributed by atoms with Crippen LogP contribution in [0, 0.1) is 0 Å². The Kier molecular flexibility index (Phi) is 8.73. The van der Waals surface area contributed by atoms with E-state index in [4.69, 9.17) is 5.11 Å². The van der Waals surface area contributed by atoms with E-state index in [9.17, 15) is 5.11 Å². The Morgan fingerprint density at radius 2 is 1.59 bits per heavy atom. The van der Waals surface area contributed by atoms with Gasteiger partial charge < -0.3 is 10.2 Å². The number of hydrogen-bond donors (Lipinski definition) is 2. The van der Waals surface area contributed by atoms with E-state index in [0.29, 0.717) is 6.42 Å². The fraction of sp³-hybridized carbons (Fsp3) is 0.286.